The van der Waals surface area contributed by atoms with Crippen LogP contribution in [0.15, 0.2) is 0 Å². The Morgan fingerprint density at radius 3 is 2.74 bits per heavy atom. The van der Waals surface area contributed by atoms with E-state index in [1.165, 1.54) is 11.3 Å². The van der Waals surface area contributed by atoms with E-state index in [-0.39, 0.29) is 24.4 Å². The molecule has 2 unspecified atom stereocenters. The maximum Gasteiger partial charge on any atom is 0.264 e. The van der Waals surface area contributed by atoms with Crippen LogP contribution in [0.4, 0.5) is 0 Å². The fourth-order valence-electron chi connectivity index (χ4n) is 3.56. The number of aryl methyl sites for hydroxylation is 1. The third kappa shape index (κ3) is 4.18. The third-order valence-corrected chi connectivity index (χ3v) is 6.15. The summed E-state index contributed by atoms with van der Waals surface area (Å²) in [6.07, 6.45) is 1.96. The van der Waals surface area contributed by atoms with E-state index < -0.39 is 0 Å². The Morgan fingerprint density at radius 1 is 1.37 bits per heavy atom. The Kier molecular flexibility index (Phi) is 7.39. The number of fused-ring (bicyclic) bond motifs is 1. The lowest BCUT2D eigenvalue weighted by molar-refractivity contribution is 0.0578. The zero-order valence-corrected chi connectivity index (χ0v) is 17.8. The van der Waals surface area contributed by atoms with Gasteiger partial charge in [0.15, 0.2) is 5.82 Å². The molecule has 0 spiro atoms. The maximum absolute atomic E-state index is 13.2. The van der Waals surface area contributed by atoms with Crippen LogP contribution in [-0.4, -0.2) is 54.1 Å². The van der Waals surface area contributed by atoms with Crippen LogP contribution in [-0.2, 0) is 11.3 Å². The highest BCUT2D eigenvalue weighted by molar-refractivity contribution is 7.20. The highest BCUT2D eigenvalue weighted by Gasteiger charge is 2.32. The van der Waals surface area contributed by atoms with Crippen molar-refractivity contribution >= 4 is 39.9 Å². The first-order valence-electron chi connectivity index (χ1n) is 8.84. The molecular formula is C18H27ClN4O3S. The number of carbonyl (C=O) groups is 1. The second-order valence-electron chi connectivity index (χ2n) is 6.84. The summed E-state index contributed by atoms with van der Waals surface area (Å²) in [5.41, 5.74) is 6.80. The van der Waals surface area contributed by atoms with Gasteiger partial charge in [0.2, 0.25) is 5.88 Å². The number of nitrogens with zero attached hydrogens (tertiary/aromatic N) is 3. The van der Waals surface area contributed by atoms with E-state index in [1.54, 1.807) is 14.2 Å². The molecule has 1 aliphatic rings. The van der Waals surface area contributed by atoms with Crippen molar-refractivity contribution in [3.05, 3.63) is 16.3 Å². The van der Waals surface area contributed by atoms with Crippen molar-refractivity contribution < 1.29 is 14.3 Å². The molecule has 3 rings (SSSR count). The van der Waals surface area contributed by atoms with Crippen LogP contribution < -0.4 is 10.5 Å². The van der Waals surface area contributed by atoms with Crippen LogP contribution in [0.1, 0.15) is 40.8 Å². The number of amides is 1. The lowest BCUT2D eigenvalue weighted by Gasteiger charge is -2.37. The minimum absolute atomic E-state index is 0. The summed E-state index contributed by atoms with van der Waals surface area (Å²) in [6.45, 7) is 5.67. The Labute approximate surface area is 169 Å². The molecule has 0 aliphatic carbocycles. The molecule has 0 radical (unpaired) electrons. The molecule has 150 valence electrons. The average Bonchev–Trinajstić information content (AvgIpc) is 2.97. The second-order valence-corrected chi connectivity index (χ2v) is 7.84. The molecule has 27 heavy (non-hydrogen) atoms. The van der Waals surface area contributed by atoms with E-state index in [0.29, 0.717) is 35.7 Å². The Morgan fingerprint density at radius 2 is 2.11 bits per heavy atom. The van der Waals surface area contributed by atoms with Crippen molar-refractivity contribution in [2.24, 2.45) is 11.7 Å². The summed E-state index contributed by atoms with van der Waals surface area (Å²) in [7, 11) is 3.17. The Bertz CT molecular complexity index is 813. The molecule has 1 aliphatic heterocycles. The van der Waals surface area contributed by atoms with Crippen LogP contribution in [0.3, 0.4) is 0 Å². The summed E-state index contributed by atoms with van der Waals surface area (Å²) in [6, 6.07) is 0.0906. The molecule has 2 atom stereocenters. The molecule has 2 aromatic heterocycles. The van der Waals surface area contributed by atoms with E-state index in [9.17, 15) is 4.79 Å². The fourth-order valence-corrected chi connectivity index (χ4v) is 4.71. The largest absolute Gasteiger partial charge is 0.480 e. The highest BCUT2D eigenvalue weighted by Crippen LogP contribution is 2.36. The number of thiophene rings is 1. The molecule has 0 saturated carbocycles. The Hall–Kier alpha value is -1.48. The number of rotatable bonds is 5. The van der Waals surface area contributed by atoms with Crippen LogP contribution in [0.5, 0.6) is 5.88 Å². The smallest absolute Gasteiger partial charge is 0.264 e. The van der Waals surface area contributed by atoms with Gasteiger partial charge in [-0.15, -0.1) is 23.7 Å². The van der Waals surface area contributed by atoms with Gasteiger partial charge in [0, 0.05) is 26.2 Å². The van der Waals surface area contributed by atoms with Crippen molar-refractivity contribution in [3.63, 3.8) is 0 Å². The molecule has 0 aromatic carbocycles. The molecular weight excluding hydrogens is 388 g/mol. The Balaban J connectivity index is 0.00000261. The fraction of sp³-hybridized carbons (Fsp3) is 0.611. The number of likely N-dealkylation sites (tertiary alicyclic amines) is 1. The van der Waals surface area contributed by atoms with Gasteiger partial charge in [0.1, 0.15) is 11.4 Å². The number of hydrogen-bond donors (Lipinski definition) is 1. The van der Waals surface area contributed by atoms with Gasteiger partial charge in [-0.1, -0.05) is 6.92 Å². The molecule has 9 heteroatoms. The first-order valence-corrected chi connectivity index (χ1v) is 9.65. The molecule has 1 fully saturated rings. The van der Waals surface area contributed by atoms with Crippen molar-refractivity contribution in [1.29, 1.82) is 0 Å². The molecule has 0 bridgehead atoms. The maximum atomic E-state index is 13.2. The highest BCUT2D eigenvalue weighted by atomic mass is 35.5. The lowest BCUT2D eigenvalue weighted by Crippen LogP contribution is -2.49. The van der Waals surface area contributed by atoms with Gasteiger partial charge in [-0.2, -0.15) is 4.98 Å². The number of ether oxygens (including phenoxy) is 2. The van der Waals surface area contributed by atoms with Crippen molar-refractivity contribution in [2.75, 3.05) is 27.3 Å². The number of nitrogens with two attached hydrogens (primary N) is 1. The van der Waals surface area contributed by atoms with Gasteiger partial charge in [-0.05, 0) is 31.2 Å². The zero-order valence-electron chi connectivity index (χ0n) is 16.2. The number of methoxy groups -OCH3 is 2. The summed E-state index contributed by atoms with van der Waals surface area (Å²) in [5.74, 6) is 1.66. The molecule has 2 N–H and O–H groups in total. The first-order chi connectivity index (χ1) is 12.5. The van der Waals surface area contributed by atoms with Gasteiger partial charge < -0.3 is 20.1 Å². The van der Waals surface area contributed by atoms with E-state index in [2.05, 4.69) is 16.9 Å². The third-order valence-electron chi connectivity index (χ3n) is 4.98. The standard InChI is InChI=1S/C18H26N4O3S.ClH/c1-10-5-6-22(12(7-10)8-19)18(23)15-11(2)14-16(25-4)20-13(9-24-3)21-17(14)26-15;/h10,12H,5-9,19H2,1-4H3;1H. The van der Waals surface area contributed by atoms with Crippen LogP contribution in [0.25, 0.3) is 10.2 Å². The van der Waals surface area contributed by atoms with Gasteiger partial charge in [-0.25, -0.2) is 4.98 Å². The van der Waals surface area contributed by atoms with Gasteiger partial charge >= 0.3 is 0 Å². The molecule has 1 amide bonds. The van der Waals surface area contributed by atoms with Gasteiger partial charge in [0.05, 0.1) is 17.4 Å². The van der Waals surface area contributed by atoms with Crippen LogP contribution in [0, 0.1) is 12.8 Å². The zero-order chi connectivity index (χ0) is 18.8. The monoisotopic (exact) mass is 414 g/mol. The minimum Gasteiger partial charge on any atom is -0.480 e. The predicted octanol–water partition coefficient (Wildman–Crippen LogP) is 2.78. The topological polar surface area (TPSA) is 90.6 Å². The van der Waals surface area contributed by atoms with E-state index >= 15 is 0 Å². The van der Waals surface area contributed by atoms with Gasteiger partial charge in [0.25, 0.3) is 5.91 Å². The quantitative estimate of drug-likeness (QED) is 0.808. The van der Waals surface area contributed by atoms with Crippen molar-refractivity contribution in [3.8, 4) is 5.88 Å². The van der Waals surface area contributed by atoms with E-state index in [4.69, 9.17) is 15.2 Å². The number of carbonyl (C=O) groups excluding carboxylic acids is 1. The number of halogens is 1. The molecule has 7 nitrogen and oxygen atoms in total. The number of aromatic nitrogens is 2. The second kappa shape index (κ2) is 9.14. The first kappa shape index (κ1) is 21.8. The van der Waals surface area contributed by atoms with E-state index in [0.717, 1.165) is 35.2 Å². The molecule has 1 saturated heterocycles. The van der Waals surface area contributed by atoms with E-state index in [1.807, 2.05) is 11.8 Å². The normalized spacial score (nSPS) is 19.8. The SMILES string of the molecule is COCc1nc(OC)c2c(C)c(C(=O)N3CCC(C)CC3CN)sc2n1.Cl. The number of piperidine rings is 1. The average molecular weight is 415 g/mol. The molecule has 3 heterocycles. The van der Waals surface area contributed by atoms with Crippen LogP contribution in [0.2, 0.25) is 0 Å². The summed E-state index contributed by atoms with van der Waals surface area (Å²) in [5, 5.41) is 0.801. The van der Waals surface area contributed by atoms with Crippen molar-refractivity contribution in [2.45, 2.75) is 39.3 Å². The van der Waals surface area contributed by atoms with Gasteiger partial charge in [-0.3, -0.25) is 4.79 Å². The number of hydrogen-bond acceptors (Lipinski definition) is 7. The van der Waals surface area contributed by atoms with Crippen LogP contribution >= 0.6 is 23.7 Å². The lowest BCUT2D eigenvalue weighted by atomic mass is 9.92. The summed E-state index contributed by atoms with van der Waals surface area (Å²) >= 11 is 1.39. The summed E-state index contributed by atoms with van der Waals surface area (Å²) < 4.78 is 10.6. The van der Waals surface area contributed by atoms with Crippen molar-refractivity contribution in [1.82, 2.24) is 14.9 Å². The summed E-state index contributed by atoms with van der Waals surface area (Å²) in [4.78, 5) is 25.5. The molecule has 2 aromatic rings. The minimum atomic E-state index is 0. The predicted molar refractivity (Wildman–Crippen MR) is 109 cm³/mol.